The van der Waals surface area contributed by atoms with Gasteiger partial charge in [0.25, 0.3) is 17.4 Å². The summed E-state index contributed by atoms with van der Waals surface area (Å²) in [6.07, 6.45) is 3.46. The Bertz CT molecular complexity index is 1200. The van der Waals surface area contributed by atoms with Crippen LogP contribution in [0.3, 0.4) is 0 Å². The monoisotopic (exact) mass is 438 g/mol. The van der Waals surface area contributed by atoms with Gasteiger partial charge in [0.2, 0.25) is 0 Å². The van der Waals surface area contributed by atoms with Crippen molar-refractivity contribution in [2.45, 2.75) is 31.7 Å². The van der Waals surface area contributed by atoms with Gasteiger partial charge in [0, 0.05) is 44.5 Å². The smallest absolute Gasteiger partial charge is 0.274 e. The summed E-state index contributed by atoms with van der Waals surface area (Å²) >= 11 is 1.51. The summed E-state index contributed by atoms with van der Waals surface area (Å²) < 4.78 is 2.27. The Morgan fingerprint density at radius 3 is 2.68 bits per heavy atom. The average Bonchev–Trinajstić information content (AvgIpc) is 3.13. The summed E-state index contributed by atoms with van der Waals surface area (Å²) in [6.45, 7) is 0.646. The van der Waals surface area contributed by atoms with Crippen LogP contribution in [0.4, 0.5) is 0 Å². The second-order valence-electron chi connectivity index (χ2n) is 8.14. The van der Waals surface area contributed by atoms with E-state index >= 15 is 0 Å². The van der Waals surface area contributed by atoms with Crippen LogP contribution in [-0.2, 0) is 13.5 Å². The second-order valence-corrected chi connectivity index (χ2v) is 9.19. The first-order valence-corrected chi connectivity index (χ1v) is 11.3. The van der Waals surface area contributed by atoms with Gasteiger partial charge in [0.1, 0.15) is 5.69 Å². The van der Waals surface area contributed by atoms with E-state index in [1.54, 1.807) is 26.0 Å². The zero-order valence-corrected chi connectivity index (χ0v) is 18.8. The minimum absolute atomic E-state index is 0.00962. The Kier molecular flexibility index (Phi) is 5.91. The van der Waals surface area contributed by atoms with E-state index in [4.69, 9.17) is 0 Å². The molecule has 1 aliphatic rings. The minimum atomic E-state index is -0.247. The predicted molar refractivity (Wildman–Crippen MR) is 122 cm³/mol. The van der Waals surface area contributed by atoms with Crippen molar-refractivity contribution in [2.75, 3.05) is 20.6 Å². The summed E-state index contributed by atoms with van der Waals surface area (Å²) in [5, 5.41) is 5.23. The van der Waals surface area contributed by atoms with Gasteiger partial charge in [0.15, 0.2) is 0 Å². The van der Waals surface area contributed by atoms with Crippen molar-refractivity contribution in [1.82, 2.24) is 19.6 Å². The molecule has 2 amide bonds. The molecular formula is C23H26N4O3S. The van der Waals surface area contributed by atoms with Crippen LogP contribution in [0.25, 0.3) is 10.1 Å². The fourth-order valence-corrected chi connectivity index (χ4v) is 5.41. The number of amides is 2. The molecule has 0 N–H and O–H groups in total. The van der Waals surface area contributed by atoms with Crippen LogP contribution in [0.1, 0.15) is 45.0 Å². The Morgan fingerprint density at radius 1 is 1.16 bits per heavy atom. The molecule has 3 heterocycles. The Balaban J connectivity index is 1.70. The van der Waals surface area contributed by atoms with Crippen LogP contribution in [0, 0.1) is 0 Å². The van der Waals surface area contributed by atoms with Crippen LogP contribution in [-0.4, -0.2) is 58.1 Å². The molecule has 0 bridgehead atoms. The highest BCUT2D eigenvalue weighted by Crippen LogP contribution is 2.35. The molecule has 0 saturated carbocycles. The zero-order valence-electron chi connectivity index (χ0n) is 18.0. The Morgan fingerprint density at radius 2 is 1.94 bits per heavy atom. The van der Waals surface area contributed by atoms with E-state index in [2.05, 4.69) is 11.2 Å². The van der Waals surface area contributed by atoms with E-state index in [0.29, 0.717) is 13.0 Å². The van der Waals surface area contributed by atoms with Gasteiger partial charge in [-0.1, -0.05) is 18.2 Å². The molecule has 0 aliphatic carbocycles. The highest BCUT2D eigenvalue weighted by Gasteiger charge is 2.31. The number of benzene rings is 1. The molecule has 31 heavy (non-hydrogen) atoms. The lowest BCUT2D eigenvalue weighted by Gasteiger charge is -2.36. The highest BCUT2D eigenvalue weighted by molar-refractivity contribution is 7.21. The van der Waals surface area contributed by atoms with Crippen LogP contribution in [0.5, 0.6) is 0 Å². The quantitative estimate of drug-likeness (QED) is 0.628. The third-order valence-corrected chi connectivity index (χ3v) is 7.01. The lowest BCUT2D eigenvalue weighted by molar-refractivity contribution is 0.0605. The normalized spacial score (nSPS) is 16.5. The van der Waals surface area contributed by atoms with E-state index in [-0.39, 0.29) is 29.1 Å². The van der Waals surface area contributed by atoms with Crippen molar-refractivity contribution in [1.29, 1.82) is 0 Å². The molecule has 1 fully saturated rings. The van der Waals surface area contributed by atoms with Gasteiger partial charge in [-0.3, -0.25) is 14.4 Å². The molecule has 4 rings (SSSR count). The molecule has 0 spiro atoms. The van der Waals surface area contributed by atoms with E-state index in [9.17, 15) is 14.4 Å². The molecule has 0 radical (unpaired) electrons. The summed E-state index contributed by atoms with van der Waals surface area (Å²) in [7, 11) is 5.07. The molecule has 162 valence electrons. The summed E-state index contributed by atoms with van der Waals surface area (Å²) in [5.74, 6) is -0.176. The minimum Gasteiger partial charge on any atom is -0.344 e. The molecular weight excluding hydrogens is 412 g/mol. The number of carbonyl (C=O) groups excluding carboxylic acids is 2. The molecule has 1 aromatic carbocycles. The number of hydrogen-bond acceptors (Lipinski definition) is 5. The molecule has 0 unspecified atom stereocenters. The largest absolute Gasteiger partial charge is 0.344 e. The number of aryl methyl sites for hydroxylation is 1. The number of carbonyl (C=O) groups is 2. The number of aromatic nitrogens is 2. The number of rotatable bonds is 4. The summed E-state index contributed by atoms with van der Waals surface area (Å²) in [4.78, 5) is 42.0. The van der Waals surface area contributed by atoms with E-state index < -0.39 is 0 Å². The van der Waals surface area contributed by atoms with Crippen molar-refractivity contribution in [3.05, 3.63) is 62.9 Å². The zero-order chi connectivity index (χ0) is 22.1. The van der Waals surface area contributed by atoms with E-state index in [0.717, 1.165) is 39.8 Å². The molecule has 7 nitrogen and oxygen atoms in total. The molecule has 3 aromatic rings. The van der Waals surface area contributed by atoms with Gasteiger partial charge in [-0.05, 0) is 48.8 Å². The second kappa shape index (κ2) is 8.63. The molecule has 1 atom stereocenters. The number of thiophene rings is 1. The summed E-state index contributed by atoms with van der Waals surface area (Å²) in [6, 6.07) is 10.9. The Labute approximate surface area is 184 Å². The van der Waals surface area contributed by atoms with Gasteiger partial charge in [0.05, 0.1) is 4.88 Å². The maximum Gasteiger partial charge on any atom is 0.274 e. The van der Waals surface area contributed by atoms with E-state index in [1.807, 2.05) is 23.1 Å². The molecule has 1 aliphatic heterocycles. The van der Waals surface area contributed by atoms with Crippen LogP contribution in [0.2, 0.25) is 0 Å². The van der Waals surface area contributed by atoms with E-state index in [1.165, 1.54) is 28.2 Å². The van der Waals surface area contributed by atoms with Gasteiger partial charge in [-0.25, -0.2) is 4.68 Å². The first-order valence-electron chi connectivity index (χ1n) is 10.4. The molecule has 8 heteroatoms. The lowest BCUT2D eigenvalue weighted by atomic mass is 9.93. The Hall–Kier alpha value is -3.00. The summed E-state index contributed by atoms with van der Waals surface area (Å²) in [5.41, 5.74) is 1.04. The number of fused-ring (bicyclic) bond motifs is 1. The van der Waals surface area contributed by atoms with Gasteiger partial charge >= 0.3 is 0 Å². The third kappa shape index (κ3) is 4.12. The van der Waals surface area contributed by atoms with Crippen LogP contribution < -0.4 is 5.56 Å². The van der Waals surface area contributed by atoms with Crippen molar-refractivity contribution < 1.29 is 9.59 Å². The fourth-order valence-electron chi connectivity index (χ4n) is 4.16. The lowest BCUT2D eigenvalue weighted by Crippen LogP contribution is -2.45. The van der Waals surface area contributed by atoms with Crippen molar-refractivity contribution in [3.8, 4) is 0 Å². The average molecular weight is 439 g/mol. The third-order valence-electron chi connectivity index (χ3n) is 5.81. The standard InChI is InChI=1S/C23H26N4O3S/c1-25(2)23(30)21-17(16-9-4-5-10-19(16)31-21)14-15-8-6-7-13-27(15)22(29)18-11-12-20(28)26(3)24-18/h4-5,9-12,15H,6-8,13-14H2,1-3H3/t15-/m0/s1. The topological polar surface area (TPSA) is 75.5 Å². The molecule has 1 saturated heterocycles. The fraction of sp³-hybridized carbons (Fsp3) is 0.391. The SMILES string of the molecule is CN(C)C(=O)c1sc2ccccc2c1C[C@@H]1CCCCN1C(=O)c1ccc(=O)n(C)n1. The van der Waals surface area contributed by atoms with Crippen molar-refractivity contribution in [3.63, 3.8) is 0 Å². The van der Waals surface area contributed by atoms with Crippen LogP contribution >= 0.6 is 11.3 Å². The maximum absolute atomic E-state index is 13.3. The van der Waals surface area contributed by atoms with Gasteiger partial charge < -0.3 is 9.80 Å². The maximum atomic E-state index is 13.3. The number of piperidine rings is 1. The highest BCUT2D eigenvalue weighted by atomic mass is 32.1. The number of likely N-dealkylation sites (tertiary alicyclic amines) is 1. The van der Waals surface area contributed by atoms with Gasteiger partial charge in [-0.15, -0.1) is 11.3 Å². The first kappa shape index (κ1) is 21.2. The van der Waals surface area contributed by atoms with Gasteiger partial charge in [-0.2, -0.15) is 5.10 Å². The first-order chi connectivity index (χ1) is 14.9. The predicted octanol–water partition coefficient (Wildman–Crippen LogP) is 2.93. The van der Waals surface area contributed by atoms with Crippen molar-refractivity contribution >= 4 is 33.2 Å². The molecule has 2 aromatic heterocycles. The number of hydrogen-bond donors (Lipinski definition) is 0. The van der Waals surface area contributed by atoms with Crippen molar-refractivity contribution in [2.24, 2.45) is 7.05 Å². The van der Waals surface area contributed by atoms with Crippen LogP contribution in [0.15, 0.2) is 41.2 Å². The number of nitrogens with zero attached hydrogens (tertiary/aromatic N) is 4.